The van der Waals surface area contributed by atoms with Crippen LogP contribution in [0.3, 0.4) is 0 Å². The van der Waals surface area contributed by atoms with Crippen LogP contribution in [0.5, 0.6) is 0 Å². The first-order valence-electron chi connectivity index (χ1n) is 10.9. The summed E-state index contributed by atoms with van der Waals surface area (Å²) in [5, 5.41) is 11.7. The summed E-state index contributed by atoms with van der Waals surface area (Å²) in [6, 6.07) is 0.354. The van der Waals surface area contributed by atoms with Crippen LogP contribution in [0.4, 0.5) is 0 Å². The van der Waals surface area contributed by atoms with E-state index in [4.69, 9.17) is 9.73 Å². The van der Waals surface area contributed by atoms with Gasteiger partial charge in [0.05, 0.1) is 13.2 Å². The minimum atomic E-state index is 0. The van der Waals surface area contributed by atoms with Crippen molar-refractivity contribution in [3.63, 3.8) is 0 Å². The Morgan fingerprint density at radius 1 is 1.24 bits per heavy atom. The van der Waals surface area contributed by atoms with E-state index < -0.39 is 0 Å². The maximum atomic E-state index is 5.19. The first-order valence-corrected chi connectivity index (χ1v) is 10.9. The lowest BCUT2D eigenvalue weighted by Crippen LogP contribution is -2.47. The molecule has 1 aromatic rings. The fourth-order valence-electron chi connectivity index (χ4n) is 3.97. The standard InChI is InChI=1S/C20H37N7O.HI/c1-4-18-24-19-7-6-17(15-27(19)25-18)23-20(21-5-2)22-14-16-8-10-26(11-9-16)12-13-28-3;/h16-17H,4-15H2,1-3H3,(H2,21,22,23);1H. The van der Waals surface area contributed by atoms with E-state index in [1.54, 1.807) is 7.11 Å². The molecule has 0 radical (unpaired) electrons. The van der Waals surface area contributed by atoms with Crippen molar-refractivity contribution in [2.24, 2.45) is 10.9 Å². The van der Waals surface area contributed by atoms with Gasteiger partial charge in [0.2, 0.25) is 0 Å². The molecule has 3 rings (SSSR count). The van der Waals surface area contributed by atoms with Crippen molar-refractivity contribution in [2.75, 3.05) is 46.4 Å². The molecule has 1 fully saturated rings. The zero-order valence-corrected chi connectivity index (χ0v) is 20.5. The molecule has 3 heterocycles. The van der Waals surface area contributed by atoms with Gasteiger partial charge in [-0.3, -0.25) is 4.99 Å². The fraction of sp³-hybridized carbons (Fsp3) is 0.850. The lowest BCUT2D eigenvalue weighted by molar-refractivity contribution is 0.121. The number of aromatic nitrogens is 3. The monoisotopic (exact) mass is 519 g/mol. The summed E-state index contributed by atoms with van der Waals surface area (Å²) in [6.07, 6.45) is 5.39. The smallest absolute Gasteiger partial charge is 0.191 e. The van der Waals surface area contributed by atoms with Gasteiger partial charge in [-0.15, -0.1) is 24.0 Å². The largest absolute Gasteiger partial charge is 0.383 e. The van der Waals surface area contributed by atoms with E-state index in [0.29, 0.717) is 12.0 Å². The number of aryl methyl sites for hydroxylation is 2. The van der Waals surface area contributed by atoms with E-state index in [2.05, 4.69) is 44.1 Å². The molecular weight excluding hydrogens is 481 g/mol. The van der Waals surface area contributed by atoms with Crippen LogP contribution >= 0.6 is 24.0 Å². The molecule has 2 aliphatic heterocycles. The van der Waals surface area contributed by atoms with Crippen molar-refractivity contribution in [3.05, 3.63) is 11.6 Å². The second-order valence-electron chi connectivity index (χ2n) is 7.86. The van der Waals surface area contributed by atoms with Gasteiger partial charge in [0.25, 0.3) is 0 Å². The molecule has 1 atom stereocenters. The molecule has 1 aromatic heterocycles. The van der Waals surface area contributed by atoms with Crippen LogP contribution in [-0.4, -0.2) is 78.1 Å². The molecule has 8 nitrogen and oxygen atoms in total. The van der Waals surface area contributed by atoms with Gasteiger partial charge in [0.15, 0.2) is 11.8 Å². The number of halogens is 1. The molecule has 166 valence electrons. The quantitative estimate of drug-likeness (QED) is 0.309. The van der Waals surface area contributed by atoms with E-state index in [0.717, 1.165) is 82.7 Å². The Morgan fingerprint density at radius 2 is 2.03 bits per heavy atom. The van der Waals surface area contributed by atoms with Gasteiger partial charge in [0, 0.05) is 45.6 Å². The zero-order chi connectivity index (χ0) is 19.8. The number of likely N-dealkylation sites (tertiary alicyclic amines) is 1. The van der Waals surface area contributed by atoms with Crippen LogP contribution < -0.4 is 10.6 Å². The average molecular weight is 519 g/mol. The van der Waals surface area contributed by atoms with Gasteiger partial charge in [-0.25, -0.2) is 9.67 Å². The Labute approximate surface area is 192 Å². The van der Waals surface area contributed by atoms with Crippen molar-refractivity contribution >= 4 is 29.9 Å². The number of ether oxygens (including phenoxy) is 1. The van der Waals surface area contributed by atoms with Crippen molar-refractivity contribution in [1.29, 1.82) is 0 Å². The normalized spacial score (nSPS) is 20.8. The van der Waals surface area contributed by atoms with Gasteiger partial charge in [-0.1, -0.05) is 6.92 Å². The summed E-state index contributed by atoms with van der Waals surface area (Å²) in [5.74, 6) is 3.69. The molecular formula is C20H38IN7O. The van der Waals surface area contributed by atoms with Gasteiger partial charge in [0.1, 0.15) is 5.82 Å². The number of nitrogens with one attached hydrogen (secondary N) is 2. The molecule has 0 aliphatic carbocycles. The van der Waals surface area contributed by atoms with E-state index in [9.17, 15) is 0 Å². The van der Waals surface area contributed by atoms with E-state index >= 15 is 0 Å². The summed E-state index contributed by atoms with van der Waals surface area (Å²) in [7, 11) is 1.77. The van der Waals surface area contributed by atoms with Crippen molar-refractivity contribution in [3.8, 4) is 0 Å². The third-order valence-corrected chi connectivity index (χ3v) is 5.73. The zero-order valence-electron chi connectivity index (χ0n) is 18.2. The van der Waals surface area contributed by atoms with Gasteiger partial charge >= 0.3 is 0 Å². The number of hydrogen-bond donors (Lipinski definition) is 2. The molecule has 29 heavy (non-hydrogen) atoms. The Morgan fingerprint density at radius 3 is 2.72 bits per heavy atom. The summed E-state index contributed by atoms with van der Waals surface area (Å²) in [4.78, 5) is 12.0. The Balaban J connectivity index is 0.00000300. The minimum Gasteiger partial charge on any atom is -0.383 e. The third-order valence-electron chi connectivity index (χ3n) is 5.73. The number of guanidine groups is 1. The number of fused-ring (bicyclic) bond motifs is 1. The van der Waals surface area contributed by atoms with Crippen LogP contribution in [0, 0.1) is 5.92 Å². The highest BCUT2D eigenvalue weighted by atomic mass is 127. The van der Waals surface area contributed by atoms with Crippen LogP contribution in [0.15, 0.2) is 4.99 Å². The molecule has 1 saturated heterocycles. The van der Waals surface area contributed by atoms with Crippen LogP contribution in [0.25, 0.3) is 0 Å². The summed E-state index contributed by atoms with van der Waals surface area (Å²) >= 11 is 0. The first kappa shape index (κ1) is 24.3. The number of hydrogen-bond acceptors (Lipinski definition) is 5. The molecule has 2 N–H and O–H groups in total. The highest BCUT2D eigenvalue weighted by Crippen LogP contribution is 2.17. The molecule has 0 aromatic carbocycles. The number of methoxy groups -OCH3 is 1. The number of piperidine rings is 1. The van der Waals surface area contributed by atoms with Crippen molar-refractivity contribution in [1.82, 2.24) is 30.3 Å². The lowest BCUT2D eigenvalue weighted by atomic mass is 9.97. The van der Waals surface area contributed by atoms with E-state index in [-0.39, 0.29) is 24.0 Å². The third kappa shape index (κ3) is 7.36. The number of aliphatic imine (C=N–C) groups is 1. The molecule has 0 amide bonds. The lowest BCUT2D eigenvalue weighted by Gasteiger charge is -2.31. The molecule has 0 bridgehead atoms. The summed E-state index contributed by atoms with van der Waals surface area (Å²) < 4.78 is 7.26. The maximum absolute atomic E-state index is 5.19. The van der Waals surface area contributed by atoms with Crippen molar-refractivity contribution in [2.45, 2.75) is 58.5 Å². The highest BCUT2D eigenvalue weighted by molar-refractivity contribution is 14.0. The highest BCUT2D eigenvalue weighted by Gasteiger charge is 2.23. The van der Waals surface area contributed by atoms with Crippen LogP contribution in [-0.2, 0) is 24.1 Å². The predicted octanol–water partition coefficient (Wildman–Crippen LogP) is 1.69. The maximum Gasteiger partial charge on any atom is 0.191 e. The number of nitrogens with zero attached hydrogens (tertiary/aromatic N) is 5. The summed E-state index contributed by atoms with van der Waals surface area (Å²) in [5.41, 5.74) is 0. The Hall–Kier alpha value is -0.940. The van der Waals surface area contributed by atoms with Gasteiger partial charge < -0.3 is 20.3 Å². The first-order chi connectivity index (χ1) is 13.7. The number of rotatable bonds is 8. The Kier molecular flexibility index (Phi) is 10.6. The van der Waals surface area contributed by atoms with Gasteiger partial charge in [-0.2, -0.15) is 5.10 Å². The van der Waals surface area contributed by atoms with Gasteiger partial charge in [-0.05, 0) is 45.2 Å². The minimum absolute atomic E-state index is 0. The molecule has 9 heteroatoms. The molecule has 0 spiro atoms. The summed E-state index contributed by atoms with van der Waals surface area (Å²) in [6.45, 7) is 11.1. The van der Waals surface area contributed by atoms with Crippen LogP contribution in [0.2, 0.25) is 0 Å². The molecule has 1 unspecified atom stereocenters. The van der Waals surface area contributed by atoms with E-state index in [1.165, 1.54) is 12.8 Å². The van der Waals surface area contributed by atoms with Crippen molar-refractivity contribution < 1.29 is 4.74 Å². The second-order valence-corrected chi connectivity index (χ2v) is 7.86. The fourth-order valence-corrected chi connectivity index (χ4v) is 3.97. The van der Waals surface area contributed by atoms with Crippen LogP contribution in [0.1, 0.15) is 44.8 Å². The average Bonchev–Trinajstić information content (AvgIpc) is 3.14. The molecule has 2 aliphatic rings. The topological polar surface area (TPSA) is 79.6 Å². The predicted molar refractivity (Wildman–Crippen MR) is 127 cm³/mol. The SMILES string of the molecule is CCNC(=NCC1CCN(CCOC)CC1)NC1CCc2nc(CC)nn2C1.I. The Bertz CT molecular complexity index is 628. The molecule has 0 saturated carbocycles. The van der Waals surface area contributed by atoms with E-state index in [1.807, 2.05) is 0 Å². The second kappa shape index (κ2) is 12.7.